The maximum absolute atomic E-state index is 4.52. The highest BCUT2D eigenvalue weighted by molar-refractivity contribution is 9.10. The number of halogens is 1. The number of anilines is 3. The van der Waals surface area contributed by atoms with Crippen LogP contribution in [0.3, 0.4) is 0 Å². The van der Waals surface area contributed by atoms with Gasteiger partial charge in [0.05, 0.1) is 0 Å². The zero-order valence-corrected chi connectivity index (χ0v) is 14.7. The van der Waals surface area contributed by atoms with Gasteiger partial charge in [0, 0.05) is 27.5 Å². The number of nitrogens with zero attached hydrogens (tertiary/aromatic N) is 2. The minimum absolute atomic E-state index is 0.0355. The molecule has 0 saturated heterocycles. The second kappa shape index (κ2) is 6.02. The second-order valence-electron chi connectivity index (χ2n) is 6.18. The predicted molar refractivity (Wildman–Crippen MR) is 92.3 cm³/mol. The molecule has 0 bridgehead atoms. The summed E-state index contributed by atoms with van der Waals surface area (Å²) in [5, 5.41) is 6.63. The van der Waals surface area contributed by atoms with Crippen molar-refractivity contribution < 1.29 is 0 Å². The van der Waals surface area contributed by atoms with Crippen LogP contribution in [0.4, 0.5) is 17.5 Å². The lowest BCUT2D eigenvalue weighted by atomic mass is 10.1. The van der Waals surface area contributed by atoms with Gasteiger partial charge in [0.2, 0.25) is 5.95 Å². The molecule has 112 valence electrons. The van der Waals surface area contributed by atoms with Gasteiger partial charge in [-0.1, -0.05) is 15.9 Å². The Kier molecular flexibility index (Phi) is 4.52. The third-order valence-corrected chi connectivity index (χ3v) is 3.66. The molecule has 0 spiro atoms. The molecule has 0 unspecified atom stereocenters. The summed E-state index contributed by atoms with van der Waals surface area (Å²) in [5.41, 5.74) is 3.03. The average Bonchev–Trinajstić information content (AvgIpc) is 2.31. The minimum Gasteiger partial charge on any atom is -0.365 e. The van der Waals surface area contributed by atoms with Crippen LogP contribution in [0.15, 0.2) is 28.7 Å². The fourth-order valence-electron chi connectivity index (χ4n) is 1.92. The van der Waals surface area contributed by atoms with E-state index in [1.807, 2.05) is 25.1 Å². The van der Waals surface area contributed by atoms with E-state index in [9.17, 15) is 0 Å². The van der Waals surface area contributed by atoms with Crippen molar-refractivity contribution in [2.24, 2.45) is 0 Å². The van der Waals surface area contributed by atoms with Crippen molar-refractivity contribution in [1.82, 2.24) is 9.97 Å². The monoisotopic (exact) mass is 348 g/mol. The van der Waals surface area contributed by atoms with Crippen LogP contribution < -0.4 is 10.6 Å². The molecule has 21 heavy (non-hydrogen) atoms. The largest absolute Gasteiger partial charge is 0.365 e. The van der Waals surface area contributed by atoms with Crippen molar-refractivity contribution in [2.75, 3.05) is 10.6 Å². The first-order valence-corrected chi connectivity index (χ1v) is 7.69. The molecule has 0 aliphatic heterocycles. The standard InChI is InChI=1S/C16H21BrN4/c1-10-8-12(6-7-13(10)17)19-15-18-11(2)9-14(20-15)21-16(3,4)5/h6-9H,1-5H3,(H2,18,19,20,21). The Balaban J connectivity index is 2.25. The highest BCUT2D eigenvalue weighted by atomic mass is 79.9. The minimum atomic E-state index is -0.0355. The van der Waals surface area contributed by atoms with Gasteiger partial charge in [-0.15, -0.1) is 0 Å². The van der Waals surface area contributed by atoms with E-state index in [-0.39, 0.29) is 5.54 Å². The molecule has 0 aliphatic rings. The van der Waals surface area contributed by atoms with Crippen molar-refractivity contribution >= 4 is 33.4 Å². The maximum Gasteiger partial charge on any atom is 0.229 e. The molecule has 0 aliphatic carbocycles. The molecule has 1 aromatic carbocycles. The summed E-state index contributed by atoms with van der Waals surface area (Å²) < 4.78 is 1.09. The Bertz CT molecular complexity index is 647. The molecular weight excluding hydrogens is 328 g/mol. The van der Waals surface area contributed by atoms with Crippen LogP contribution in [0.25, 0.3) is 0 Å². The summed E-state index contributed by atoms with van der Waals surface area (Å²) in [5.74, 6) is 1.43. The van der Waals surface area contributed by atoms with Gasteiger partial charge in [-0.3, -0.25) is 0 Å². The summed E-state index contributed by atoms with van der Waals surface area (Å²) in [6.07, 6.45) is 0. The van der Waals surface area contributed by atoms with E-state index in [1.54, 1.807) is 0 Å². The molecule has 0 amide bonds. The normalized spacial score (nSPS) is 11.3. The zero-order chi connectivity index (χ0) is 15.6. The molecule has 2 N–H and O–H groups in total. The Morgan fingerprint density at radius 3 is 2.38 bits per heavy atom. The van der Waals surface area contributed by atoms with E-state index >= 15 is 0 Å². The van der Waals surface area contributed by atoms with Crippen LogP contribution in [0.5, 0.6) is 0 Å². The highest BCUT2D eigenvalue weighted by Gasteiger charge is 2.11. The Hall–Kier alpha value is -1.62. The molecule has 4 nitrogen and oxygen atoms in total. The van der Waals surface area contributed by atoms with Crippen LogP contribution >= 0.6 is 15.9 Å². The van der Waals surface area contributed by atoms with Crippen LogP contribution in [-0.4, -0.2) is 15.5 Å². The molecule has 2 aromatic rings. The van der Waals surface area contributed by atoms with Crippen LogP contribution in [-0.2, 0) is 0 Å². The summed E-state index contributed by atoms with van der Waals surface area (Å²) in [4.78, 5) is 8.96. The van der Waals surface area contributed by atoms with Gasteiger partial charge in [0.25, 0.3) is 0 Å². The number of aromatic nitrogens is 2. The highest BCUT2D eigenvalue weighted by Crippen LogP contribution is 2.23. The summed E-state index contributed by atoms with van der Waals surface area (Å²) in [7, 11) is 0. The fraction of sp³-hybridized carbons (Fsp3) is 0.375. The average molecular weight is 349 g/mol. The van der Waals surface area contributed by atoms with Crippen molar-refractivity contribution in [3.8, 4) is 0 Å². The number of rotatable bonds is 3. The maximum atomic E-state index is 4.52. The van der Waals surface area contributed by atoms with Gasteiger partial charge >= 0.3 is 0 Å². The van der Waals surface area contributed by atoms with E-state index in [2.05, 4.69) is 70.3 Å². The van der Waals surface area contributed by atoms with Crippen LogP contribution in [0.1, 0.15) is 32.0 Å². The van der Waals surface area contributed by atoms with Crippen LogP contribution in [0.2, 0.25) is 0 Å². The fourth-order valence-corrected chi connectivity index (χ4v) is 2.17. The second-order valence-corrected chi connectivity index (χ2v) is 7.04. The van der Waals surface area contributed by atoms with E-state index in [0.717, 1.165) is 21.7 Å². The van der Waals surface area contributed by atoms with E-state index < -0.39 is 0 Å². The lowest BCUT2D eigenvalue weighted by Crippen LogP contribution is -2.27. The Labute approximate surface area is 134 Å². The molecule has 0 atom stereocenters. The van der Waals surface area contributed by atoms with Crippen molar-refractivity contribution in [3.05, 3.63) is 40.0 Å². The molecule has 1 aromatic heterocycles. The topological polar surface area (TPSA) is 49.8 Å². The van der Waals surface area contributed by atoms with Crippen LogP contribution in [0, 0.1) is 13.8 Å². The van der Waals surface area contributed by atoms with Crippen molar-refractivity contribution in [2.45, 2.75) is 40.2 Å². The summed E-state index contributed by atoms with van der Waals surface area (Å²) in [6, 6.07) is 8.03. The van der Waals surface area contributed by atoms with Gasteiger partial charge in [0.1, 0.15) is 5.82 Å². The summed E-state index contributed by atoms with van der Waals surface area (Å²) in [6.45, 7) is 10.3. The van der Waals surface area contributed by atoms with Gasteiger partial charge < -0.3 is 10.6 Å². The van der Waals surface area contributed by atoms with Crippen molar-refractivity contribution in [3.63, 3.8) is 0 Å². The van der Waals surface area contributed by atoms with Gasteiger partial charge in [-0.2, -0.15) is 4.98 Å². The number of hydrogen-bond acceptors (Lipinski definition) is 4. The predicted octanol–water partition coefficient (Wildman–Crippen LogP) is 4.81. The number of aryl methyl sites for hydroxylation is 2. The number of hydrogen-bond donors (Lipinski definition) is 2. The third kappa shape index (κ3) is 4.70. The number of benzene rings is 1. The number of nitrogens with one attached hydrogen (secondary N) is 2. The van der Waals surface area contributed by atoms with E-state index in [0.29, 0.717) is 5.95 Å². The molecule has 5 heteroatoms. The first-order valence-electron chi connectivity index (χ1n) is 6.90. The molecule has 0 fully saturated rings. The Morgan fingerprint density at radius 1 is 1.05 bits per heavy atom. The zero-order valence-electron chi connectivity index (χ0n) is 13.1. The lowest BCUT2D eigenvalue weighted by molar-refractivity contribution is 0.630. The first kappa shape index (κ1) is 15.8. The molecular formula is C16H21BrN4. The SMILES string of the molecule is Cc1cc(NC(C)(C)C)nc(Nc2ccc(Br)c(C)c2)n1. The molecule has 2 rings (SSSR count). The lowest BCUT2D eigenvalue weighted by Gasteiger charge is -2.21. The quantitative estimate of drug-likeness (QED) is 0.835. The van der Waals surface area contributed by atoms with E-state index in [4.69, 9.17) is 0 Å². The van der Waals surface area contributed by atoms with Gasteiger partial charge in [0.15, 0.2) is 0 Å². The molecule has 0 radical (unpaired) electrons. The molecule has 0 saturated carbocycles. The van der Waals surface area contributed by atoms with E-state index in [1.165, 1.54) is 5.56 Å². The smallest absolute Gasteiger partial charge is 0.229 e. The third-order valence-electron chi connectivity index (χ3n) is 2.77. The van der Waals surface area contributed by atoms with Gasteiger partial charge in [-0.05, 0) is 58.4 Å². The van der Waals surface area contributed by atoms with Gasteiger partial charge in [-0.25, -0.2) is 4.98 Å². The molecule has 1 heterocycles. The first-order chi connectivity index (χ1) is 9.73. The Morgan fingerprint density at radius 2 is 1.76 bits per heavy atom. The summed E-state index contributed by atoms with van der Waals surface area (Å²) >= 11 is 3.50. The van der Waals surface area contributed by atoms with Crippen molar-refractivity contribution in [1.29, 1.82) is 0 Å².